The minimum Gasteiger partial charge on any atom is -0.457 e. The lowest BCUT2D eigenvalue weighted by atomic mass is 10.0. The fraction of sp³-hybridized carbons (Fsp3) is 0.296. The molecule has 0 aliphatic carbocycles. The molecule has 0 spiro atoms. The number of benzene rings is 2. The number of nitrogens with two attached hydrogens (primary N) is 1. The molecular formula is C27H28N6O3. The number of likely N-dealkylation sites (tertiary alicyclic amines) is 1. The Bertz CT molecular complexity index is 1320. The average molecular weight is 485 g/mol. The van der Waals surface area contributed by atoms with Crippen molar-refractivity contribution in [1.82, 2.24) is 14.7 Å². The first-order valence-electron chi connectivity index (χ1n) is 12.0. The van der Waals surface area contributed by atoms with Crippen LogP contribution in [-0.2, 0) is 4.79 Å². The summed E-state index contributed by atoms with van der Waals surface area (Å²) in [6.07, 6.45) is 1.61. The van der Waals surface area contributed by atoms with Gasteiger partial charge in [0.1, 0.15) is 17.2 Å². The van der Waals surface area contributed by atoms with Crippen LogP contribution in [0.4, 0.5) is 11.5 Å². The largest absolute Gasteiger partial charge is 0.457 e. The molecule has 2 aliphatic rings. The molecule has 0 saturated carbocycles. The summed E-state index contributed by atoms with van der Waals surface area (Å²) in [6, 6.07) is 17.1. The molecule has 3 heterocycles. The van der Waals surface area contributed by atoms with Crippen LogP contribution in [0.2, 0.25) is 0 Å². The van der Waals surface area contributed by atoms with Crippen LogP contribution in [0.5, 0.6) is 11.5 Å². The normalized spacial score (nSPS) is 15.4. The monoisotopic (exact) mass is 484 g/mol. The van der Waals surface area contributed by atoms with Crippen molar-refractivity contribution in [3.63, 3.8) is 0 Å². The highest BCUT2D eigenvalue weighted by atomic mass is 16.5. The Morgan fingerprint density at radius 1 is 1.03 bits per heavy atom. The first-order valence-corrected chi connectivity index (χ1v) is 12.0. The molecule has 9 nitrogen and oxygen atoms in total. The molecule has 0 radical (unpaired) electrons. The highest BCUT2D eigenvalue weighted by Gasteiger charge is 2.34. The minimum absolute atomic E-state index is 0.128. The van der Waals surface area contributed by atoms with E-state index in [1.807, 2.05) is 54.6 Å². The third-order valence-electron chi connectivity index (χ3n) is 6.51. The molecule has 184 valence electrons. The fourth-order valence-electron chi connectivity index (χ4n) is 4.79. The van der Waals surface area contributed by atoms with Gasteiger partial charge in [0.15, 0.2) is 11.5 Å². The summed E-state index contributed by atoms with van der Waals surface area (Å²) >= 11 is 0. The third-order valence-corrected chi connectivity index (χ3v) is 6.51. The number of hydrogen-bond acceptors (Lipinski definition) is 6. The second kappa shape index (κ2) is 10.0. The predicted molar refractivity (Wildman–Crippen MR) is 137 cm³/mol. The van der Waals surface area contributed by atoms with Crippen LogP contribution < -0.4 is 20.7 Å². The predicted octanol–water partition coefficient (Wildman–Crippen LogP) is 3.01. The van der Waals surface area contributed by atoms with E-state index < -0.39 is 5.91 Å². The van der Waals surface area contributed by atoms with E-state index in [9.17, 15) is 9.59 Å². The van der Waals surface area contributed by atoms with Crippen molar-refractivity contribution in [2.75, 3.05) is 36.4 Å². The SMILES string of the molecule is CC#CC(=O)N1CCC(N2CCNc3c2nn(-c2ccc(Oc4ccccc4)cc2)c3C(N)=O)CC1. The van der Waals surface area contributed by atoms with E-state index in [-0.39, 0.29) is 11.9 Å². The smallest absolute Gasteiger partial charge is 0.298 e. The second-order valence-electron chi connectivity index (χ2n) is 8.75. The Morgan fingerprint density at radius 2 is 1.72 bits per heavy atom. The number of para-hydroxylation sites is 1. The zero-order chi connectivity index (χ0) is 25.1. The first-order chi connectivity index (χ1) is 17.5. The molecule has 2 aliphatic heterocycles. The molecule has 2 aromatic carbocycles. The highest BCUT2D eigenvalue weighted by molar-refractivity contribution is 6.00. The van der Waals surface area contributed by atoms with Crippen molar-refractivity contribution in [3.05, 3.63) is 60.3 Å². The summed E-state index contributed by atoms with van der Waals surface area (Å²) in [5.41, 5.74) is 7.49. The maximum absolute atomic E-state index is 12.5. The van der Waals surface area contributed by atoms with E-state index in [4.69, 9.17) is 15.6 Å². The summed E-state index contributed by atoms with van der Waals surface area (Å²) in [6.45, 7) is 4.37. The molecule has 1 saturated heterocycles. The number of hydrogen-bond donors (Lipinski definition) is 2. The molecule has 1 aromatic heterocycles. The number of ether oxygens (including phenoxy) is 1. The average Bonchev–Trinajstić information content (AvgIpc) is 3.30. The number of anilines is 2. The van der Waals surface area contributed by atoms with E-state index in [0.717, 1.165) is 25.1 Å². The van der Waals surface area contributed by atoms with Gasteiger partial charge in [-0.05, 0) is 62.1 Å². The molecule has 0 atom stereocenters. The molecule has 5 rings (SSSR count). The van der Waals surface area contributed by atoms with Crippen LogP contribution in [-0.4, -0.2) is 58.7 Å². The molecular weight excluding hydrogens is 456 g/mol. The topological polar surface area (TPSA) is 106 Å². The van der Waals surface area contributed by atoms with Crippen LogP contribution >= 0.6 is 0 Å². The van der Waals surface area contributed by atoms with Crippen molar-refractivity contribution in [2.45, 2.75) is 25.8 Å². The van der Waals surface area contributed by atoms with Crippen molar-refractivity contribution in [1.29, 1.82) is 0 Å². The number of nitrogens with one attached hydrogen (secondary N) is 1. The third kappa shape index (κ3) is 4.58. The van der Waals surface area contributed by atoms with Gasteiger partial charge >= 0.3 is 0 Å². The lowest BCUT2D eigenvalue weighted by Crippen LogP contribution is -2.49. The molecule has 1 fully saturated rings. The molecule has 0 unspecified atom stereocenters. The Labute approximate surface area is 209 Å². The lowest BCUT2D eigenvalue weighted by molar-refractivity contribution is -0.126. The van der Waals surface area contributed by atoms with E-state index in [2.05, 4.69) is 22.1 Å². The number of nitrogens with zero attached hydrogens (tertiary/aromatic N) is 4. The summed E-state index contributed by atoms with van der Waals surface area (Å²) < 4.78 is 7.48. The maximum Gasteiger partial charge on any atom is 0.298 e. The standard InChI is InChI=1S/C27H28N6O3/c1-2-6-23(34)31-16-13-19(14-17-31)32-18-15-29-24-25(26(28)35)33(30-27(24)32)20-9-11-22(12-10-20)36-21-7-4-3-5-8-21/h3-5,7-12,19,29H,13-18H2,1H3,(H2,28,35). The number of fused-ring (bicyclic) bond motifs is 1. The summed E-state index contributed by atoms with van der Waals surface area (Å²) in [5, 5.41) is 8.16. The van der Waals surface area contributed by atoms with Crippen LogP contribution in [0.3, 0.4) is 0 Å². The Balaban J connectivity index is 1.40. The first kappa shape index (κ1) is 23.3. The summed E-state index contributed by atoms with van der Waals surface area (Å²) in [7, 11) is 0. The molecule has 36 heavy (non-hydrogen) atoms. The molecule has 0 bridgehead atoms. The van der Waals surface area contributed by atoms with Gasteiger partial charge in [-0.15, -0.1) is 5.10 Å². The zero-order valence-corrected chi connectivity index (χ0v) is 20.1. The van der Waals surface area contributed by atoms with Gasteiger partial charge in [-0.1, -0.05) is 24.1 Å². The van der Waals surface area contributed by atoms with E-state index in [1.165, 1.54) is 0 Å². The van der Waals surface area contributed by atoms with Gasteiger partial charge in [0.25, 0.3) is 11.8 Å². The van der Waals surface area contributed by atoms with Crippen molar-refractivity contribution < 1.29 is 14.3 Å². The van der Waals surface area contributed by atoms with E-state index >= 15 is 0 Å². The molecule has 9 heteroatoms. The van der Waals surface area contributed by atoms with Gasteiger partial charge in [0.05, 0.1) is 5.69 Å². The van der Waals surface area contributed by atoms with Gasteiger partial charge in [-0.3, -0.25) is 9.59 Å². The van der Waals surface area contributed by atoms with Crippen LogP contribution in [0.15, 0.2) is 54.6 Å². The van der Waals surface area contributed by atoms with Crippen molar-refractivity contribution in [3.8, 4) is 29.0 Å². The van der Waals surface area contributed by atoms with E-state index in [1.54, 1.807) is 16.5 Å². The van der Waals surface area contributed by atoms with Crippen LogP contribution in [0.1, 0.15) is 30.3 Å². The Hall–Kier alpha value is -4.45. The van der Waals surface area contributed by atoms with E-state index in [0.29, 0.717) is 48.3 Å². The summed E-state index contributed by atoms with van der Waals surface area (Å²) in [4.78, 5) is 28.7. The number of primary amides is 1. The van der Waals surface area contributed by atoms with Crippen LogP contribution in [0.25, 0.3) is 5.69 Å². The maximum atomic E-state index is 12.5. The summed E-state index contributed by atoms with van der Waals surface area (Å²) in [5.74, 6) is 6.74. The fourth-order valence-corrected chi connectivity index (χ4v) is 4.79. The lowest BCUT2D eigenvalue weighted by Gasteiger charge is -2.40. The van der Waals surface area contributed by atoms with Crippen LogP contribution in [0, 0.1) is 11.8 Å². The van der Waals surface area contributed by atoms with Crippen molar-refractivity contribution >= 4 is 23.3 Å². The number of rotatable bonds is 5. The number of carbonyl (C=O) groups is 2. The van der Waals surface area contributed by atoms with Gasteiger partial charge in [-0.25, -0.2) is 4.68 Å². The second-order valence-corrected chi connectivity index (χ2v) is 8.75. The van der Waals surface area contributed by atoms with Gasteiger partial charge in [0.2, 0.25) is 0 Å². The number of piperidine rings is 1. The zero-order valence-electron chi connectivity index (χ0n) is 20.1. The molecule has 3 N–H and O–H groups in total. The number of carbonyl (C=O) groups excluding carboxylic acids is 2. The Morgan fingerprint density at radius 3 is 2.39 bits per heavy atom. The number of aromatic nitrogens is 2. The number of amides is 2. The Kier molecular flexibility index (Phi) is 6.50. The molecule has 3 aromatic rings. The van der Waals surface area contributed by atoms with Gasteiger partial charge < -0.3 is 25.6 Å². The van der Waals surface area contributed by atoms with Crippen molar-refractivity contribution in [2.24, 2.45) is 5.73 Å². The quantitative estimate of drug-likeness (QED) is 0.540. The highest BCUT2D eigenvalue weighted by Crippen LogP contribution is 2.36. The van der Waals surface area contributed by atoms with Gasteiger partial charge in [0, 0.05) is 32.2 Å². The molecule has 2 amide bonds. The van der Waals surface area contributed by atoms with Gasteiger partial charge in [-0.2, -0.15) is 0 Å². The minimum atomic E-state index is -0.554.